The number of unbranched alkanes of at least 4 members (excludes halogenated alkanes) is 2. The fraction of sp³-hybridized carbons (Fsp3) is 0.765. The van der Waals surface area contributed by atoms with Gasteiger partial charge < -0.3 is 14.4 Å². The normalized spacial score (nSPS) is 14.6. The first-order chi connectivity index (χ1) is 14.1. The van der Waals surface area contributed by atoms with Crippen LogP contribution in [-0.2, 0) is 29.2 Å². The summed E-state index contributed by atoms with van der Waals surface area (Å²) in [6.45, 7) is 4.33. The van der Waals surface area contributed by atoms with E-state index in [0.29, 0.717) is 31.8 Å². The fourth-order valence-electron chi connectivity index (χ4n) is 2.24. The van der Waals surface area contributed by atoms with Gasteiger partial charge in [-0.2, -0.15) is 30.4 Å². The highest BCUT2D eigenvalue weighted by Gasteiger charge is 2.67. The Kier molecular flexibility index (Phi) is 11.0. The first-order valence-corrected chi connectivity index (χ1v) is 10.7. The van der Waals surface area contributed by atoms with Gasteiger partial charge in [-0.25, -0.2) is 4.79 Å². The zero-order chi connectivity index (χ0) is 24.5. The third-order valence-electron chi connectivity index (χ3n) is 3.99. The lowest BCUT2D eigenvalue weighted by Gasteiger charge is -2.37. The Bertz CT molecular complexity index is 719. The predicted molar refractivity (Wildman–Crippen MR) is 98.5 cm³/mol. The molecule has 0 bridgehead atoms. The molecule has 0 aromatic carbocycles. The summed E-state index contributed by atoms with van der Waals surface area (Å²) in [5.74, 6) is -7.89. The van der Waals surface area contributed by atoms with Crippen LogP contribution in [0.25, 0.3) is 0 Å². The Morgan fingerprint density at radius 1 is 1.06 bits per heavy atom. The molecular formula is C17H26F5NO7S. The molecule has 0 heterocycles. The molecule has 0 saturated heterocycles. The van der Waals surface area contributed by atoms with Gasteiger partial charge in [-0.05, 0) is 12.8 Å². The molecule has 0 aliphatic heterocycles. The summed E-state index contributed by atoms with van der Waals surface area (Å²) in [6, 6.07) is 0. The first-order valence-electron chi connectivity index (χ1n) is 9.29. The number of ether oxygens (including phenoxy) is 2. The molecule has 0 rings (SSSR count). The van der Waals surface area contributed by atoms with Crippen LogP contribution in [0.3, 0.4) is 0 Å². The highest BCUT2D eigenvalue weighted by Crippen LogP contribution is 2.38. The summed E-state index contributed by atoms with van der Waals surface area (Å²) in [7, 11) is -5.96. The van der Waals surface area contributed by atoms with Gasteiger partial charge in [-0.1, -0.05) is 33.3 Å². The maximum Gasteiger partial charge on any atom is 0.466 e. The molecule has 0 radical (unpaired) electrons. The van der Waals surface area contributed by atoms with Crippen LogP contribution in [0.1, 0.15) is 46.0 Å². The van der Waals surface area contributed by atoms with Crippen molar-refractivity contribution in [3.05, 3.63) is 12.7 Å². The third kappa shape index (κ3) is 8.00. The number of rotatable bonds is 14. The summed E-state index contributed by atoms with van der Waals surface area (Å²) in [5, 5.41) is -4.86. The minimum Gasteiger partial charge on any atom is -0.412 e. The van der Waals surface area contributed by atoms with Gasteiger partial charge in [0.05, 0.1) is 13.0 Å². The second-order valence-corrected chi connectivity index (χ2v) is 8.00. The van der Waals surface area contributed by atoms with Gasteiger partial charge in [0.1, 0.15) is 0 Å². The second kappa shape index (κ2) is 11.7. The topological polar surface area (TPSA) is 110 Å². The molecular weight excluding hydrogens is 457 g/mol. The molecule has 0 saturated carbocycles. The van der Waals surface area contributed by atoms with Crippen molar-refractivity contribution in [1.82, 2.24) is 4.90 Å². The summed E-state index contributed by atoms with van der Waals surface area (Å²) in [5.41, 5.74) is 0. The van der Waals surface area contributed by atoms with Crippen LogP contribution < -0.4 is 0 Å². The molecule has 1 unspecified atom stereocenters. The summed E-state index contributed by atoms with van der Waals surface area (Å²) in [6.07, 6.45) is -5.75. The van der Waals surface area contributed by atoms with Crippen LogP contribution in [0, 0.1) is 0 Å². The molecule has 31 heavy (non-hydrogen) atoms. The van der Waals surface area contributed by atoms with Gasteiger partial charge in [-0.3, -0.25) is 9.35 Å². The third-order valence-corrected chi connectivity index (χ3v) is 4.95. The van der Waals surface area contributed by atoms with Crippen molar-refractivity contribution in [2.24, 2.45) is 0 Å². The van der Waals surface area contributed by atoms with E-state index in [1.807, 2.05) is 0 Å². The molecule has 0 aromatic rings. The van der Waals surface area contributed by atoms with Crippen molar-refractivity contribution in [1.29, 1.82) is 0 Å². The number of esters is 1. The molecule has 0 fully saturated rings. The highest BCUT2D eigenvalue weighted by molar-refractivity contribution is 7.86. The number of carbonyl (C=O) groups is 2. The van der Waals surface area contributed by atoms with E-state index in [1.165, 1.54) is 0 Å². The van der Waals surface area contributed by atoms with Crippen molar-refractivity contribution in [3.63, 3.8) is 0 Å². The van der Waals surface area contributed by atoms with Gasteiger partial charge >= 0.3 is 39.2 Å². The molecule has 1 N–H and O–H groups in total. The monoisotopic (exact) mass is 483 g/mol. The fourth-order valence-corrected chi connectivity index (χ4v) is 2.58. The smallest absolute Gasteiger partial charge is 0.412 e. The highest BCUT2D eigenvalue weighted by atomic mass is 32.2. The largest absolute Gasteiger partial charge is 0.466 e. The van der Waals surface area contributed by atoms with E-state index < -0.39 is 52.2 Å². The van der Waals surface area contributed by atoms with Gasteiger partial charge in [0.25, 0.3) is 0 Å². The van der Waals surface area contributed by atoms with Gasteiger partial charge in [0.2, 0.25) is 0 Å². The Morgan fingerprint density at radius 3 is 1.90 bits per heavy atom. The van der Waals surface area contributed by atoms with E-state index in [0.717, 1.165) is 4.90 Å². The van der Waals surface area contributed by atoms with Crippen molar-refractivity contribution >= 4 is 22.0 Å². The Balaban J connectivity index is 6.16. The van der Waals surface area contributed by atoms with Gasteiger partial charge in [0, 0.05) is 19.2 Å². The first kappa shape index (κ1) is 29.2. The quantitative estimate of drug-likeness (QED) is 0.133. The van der Waals surface area contributed by atoms with Crippen LogP contribution >= 0.6 is 0 Å². The summed E-state index contributed by atoms with van der Waals surface area (Å²) in [4.78, 5) is 25.1. The number of hydrogen-bond acceptors (Lipinski definition) is 6. The van der Waals surface area contributed by atoms with E-state index >= 15 is 0 Å². The number of alkyl halides is 5. The van der Waals surface area contributed by atoms with E-state index in [9.17, 15) is 40.0 Å². The van der Waals surface area contributed by atoms with E-state index in [2.05, 4.69) is 16.1 Å². The van der Waals surface area contributed by atoms with E-state index in [1.54, 1.807) is 13.8 Å². The Morgan fingerprint density at radius 2 is 1.55 bits per heavy atom. The number of hydrogen-bond donors (Lipinski definition) is 1. The number of amides is 1. The number of nitrogens with zero attached hydrogens (tertiary/aromatic N) is 1. The molecule has 14 heteroatoms. The standard InChI is InChI=1S/C17H26F5NO7S/c1-4-7-10-23(11-8-5-2)14(25)16(17(20,21)22,30-13(24)6-3)29-12-9-15(18,19)31(26,27)28/h6H,3-5,7-12H2,1-2H3,(H,26,27,28). The van der Waals surface area contributed by atoms with Crippen molar-refractivity contribution < 1.29 is 54.0 Å². The number of halogens is 5. The molecule has 0 aromatic heterocycles. The van der Waals surface area contributed by atoms with Gasteiger partial charge in [-0.15, -0.1) is 0 Å². The van der Waals surface area contributed by atoms with Crippen LogP contribution in [0.2, 0.25) is 0 Å². The second-order valence-electron chi connectivity index (χ2n) is 6.45. The minimum atomic E-state index is -5.96. The summed E-state index contributed by atoms with van der Waals surface area (Å²) >= 11 is 0. The molecule has 0 aliphatic carbocycles. The Hall–Kier alpha value is -1.80. The maximum absolute atomic E-state index is 13.9. The minimum absolute atomic E-state index is 0.163. The lowest BCUT2D eigenvalue weighted by Crippen LogP contribution is -2.62. The molecule has 1 amide bonds. The van der Waals surface area contributed by atoms with Crippen molar-refractivity contribution in [3.8, 4) is 0 Å². The average molecular weight is 483 g/mol. The lowest BCUT2D eigenvalue weighted by molar-refractivity contribution is -0.351. The molecule has 0 spiro atoms. The molecule has 8 nitrogen and oxygen atoms in total. The van der Waals surface area contributed by atoms with Crippen molar-refractivity contribution in [2.75, 3.05) is 19.7 Å². The van der Waals surface area contributed by atoms with Crippen molar-refractivity contribution in [2.45, 2.75) is 63.2 Å². The number of carbonyl (C=O) groups excluding carboxylic acids is 2. The van der Waals surface area contributed by atoms with E-state index in [-0.39, 0.29) is 13.1 Å². The molecule has 1 atom stereocenters. The van der Waals surface area contributed by atoms with Gasteiger partial charge in [0.15, 0.2) is 0 Å². The zero-order valence-electron chi connectivity index (χ0n) is 17.1. The van der Waals surface area contributed by atoms with Crippen LogP contribution in [0.15, 0.2) is 12.7 Å². The summed E-state index contributed by atoms with van der Waals surface area (Å²) < 4.78 is 107. The molecule has 0 aliphatic rings. The maximum atomic E-state index is 13.9. The Labute approximate surface area is 177 Å². The lowest BCUT2D eigenvalue weighted by atomic mass is 10.1. The zero-order valence-corrected chi connectivity index (χ0v) is 17.9. The molecule has 182 valence electrons. The predicted octanol–water partition coefficient (Wildman–Crippen LogP) is 3.29. The van der Waals surface area contributed by atoms with Crippen LogP contribution in [0.5, 0.6) is 0 Å². The van der Waals surface area contributed by atoms with Crippen LogP contribution in [-0.4, -0.2) is 66.7 Å². The van der Waals surface area contributed by atoms with E-state index in [4.69, 9.17) is 4.55 Å². The van der Waals surface area contributed by atoms with Crippen LogP contribution in [0.4, 0.5) is 22.0 Å². The SMILES string of the molecule is C=CC(=O)OC(OCCC(F)(F)S(=O)(=O)O)(C(=O)N(CCCC)CCCC)C(F)(F)F. The average Bonchev–Trinajstić information content (AvgIpc) is 2.64.